The van der Waals surface area contributed by atoms with Crippen molar-refractivity contribution in [1.29, 1.82) is 0 Å². The molecule has 13 heteroatoms. The molecule has 3 amide bonds. The molecule has 0 radical (unpaired) electrons. The van der Waals surface area contributed by atoms with Gasteiger partial charge in [0.25, 0.3) is 5.91 Å². The molecule has 312 valence electrons. The summed E-state index contributed by atoms with van der Waals surface area (Å²) in [6.07, 6.45) is 8.20. The van der Waals surface area contributed by atoms with E-state index >= 15 is 0 Å². The van der Waals surface area contributed by atoms with Crippen LogP contribution >= 0.6 is 11.3 Å². The molecule has 60 heavy (non-hydrogen) atoms. The number of amides is 3. The van der Waals surface area contributed by atoms with Gasteiger partial charge in [0, 0.05) is 46.2 Å². The lowest BCUT2D eigenvalue weighted by Gasteiger charge is -2.29. The molecule has 2 aliphatic heterocycles. The molecule has 3 aliphatic rings. The average Bonchev–Trinajstić information content (AvgIpc) is 3.52. The number of nitrogens with zero attached hydrogens (tertiary/aromatic N) is 3. The van der Waals surface area contributed by atoms with Gasteiger partial charge in [0.2, 0.25) is 11.8 Å². The molecule has 0 unspecified atom stereocenters. The number of ether oxygens (including phenoxy) is 2. The van der Waals surface area contributed by atoms with Crippen molar-refractivity contribution in [1.82, 2.24) is 25.7 Å². The fraction of sp³-hybridized carbons (Fsp3) is 0.383. The van der Waals surface area contributed by atoms with Crippen LogP contribution in [0.3, 0.4) is 0 Å². The molecule has 12 nitrogen and oxygen atoms in total. The molecular weight excluding hydrogens is 777 g/mol. The number of benzene rings is 3. The van der Waals surface area contributed by atoms with Gasteiger partial charge in [-0.2, -0.15) is 5.48 Å². The topological polar surface area (TPSA) is 144 Å². The monoisotopic (exact) mass is 828 g/mol. The summed E-state index contributed by atoms with van der Waals surface area (Å²) < 4.78 is 12.4. The first-order chi connectivity index (χ1) is 29.0. The van der Waals surface area contributed by atoms with Crippen LogP contribution in [0.2, 0.25) is 0 Å². The number of methoxy groups -OCH3 is 1. The number of hydroxylamine groups is 1. The number of carbonyl (C=O) groups excluding carboxylic acids is 3. The number of hydrogen-bond donors (Lipinski definition) is 3. The van der Waals surface area contributed by atoms with Gasteiger partial charge in [-0.25, -0.2) is 9.97 Å². The van der Waals surface area contributed by atoms with Gasteiger partial charge in [-0.05, 0) is 49.9 Å². The van der Waals surface area contributed by atoms with E-state index in [-0.39, 0.29) is 30.2 Å². The molecule has 1 aliphatic carbocycles. The minimum Gasteiger partial charge on any atom is -0.497 e. The quantitative estimate of drug-likeness (QED) is 0.0995. The van der Waals surface area contributed by atoms with E-state index in [4.69, 9.17) is 24.3 Å². The number of allylic oxidation sites excluding steroid dienone is 1. The van der Waals surface area contributed by atoms with E-state index in [1.807, 2.05) is 84.3 Å². The van der Waals surface area contributed by atoms with Gasteiger partial charge in [-0.1, -0.05) is 94.3 Å². The van der Waals surface area contributed by atoms with Crippen molar-refractivity contribution in [2.24, 2.45) is 5.92 Å². The zero-order chi connectivity index (χ0) is 41.9. The Morgan fingerprint density at radius 3 is 2.48 bits per heavy atom. The van der Waals surface area contributed by atoms with Gasteiger partial charge in [0.15, 0.2) is 10.9 Å². The smallest absolute Gasteiger partial charge is 0.278 e. The van der Waals surface area contributed by atoms with E-state index in [0.717, 1.165) is 42.3 Å². The lowest BCUT2D eigenvalue weighted by Crippen LogP contribution is -2.57. The van der Waals surface area contributed by atoms with Crippen LogP contribution in [0.15, 0.2) is 102 Å². The Kier molecular flexibility index (Phi) is 11.8. The minimum atomic E-state index is -1.25. The molecule has 1 saturated carbocycles. The number of fused-ring (bicyclic) bond motifs is 3. The van der Waals surface area contributed by atoms with Gasteiger partial charge >= 0.3 is 0 Å². The molecule has 2 fully saturated rings. The van der Waals surface area contributed by atoms with Crippen LogP contribution in [0.4, 0.5) is 5.13 Å². The third-order valence-electron chi connectivity index (χ3n) is 11.6. The third kappa shape index (κ3) is 8.96. The zero-order valence-corrected chi connectivity index (χ0v) is 35.3. The van der Waals surface area contributed by atoms with Crippen LogP contribution < -0.4 is 30.4 Å². The van der Waals surface area contributed by atoms with Gasteiger partial charge < -0.3 is 29.8 Å². The number of carbonyl (C=O) groups is 3. The number of para-hydroxylation sites is 1. The molecule has 8 rings (SSSR count). The van der Waals surface area contributed by atoms with Crippen LogP contribution in [-0.2, 0) is 19.8 Å². The van der Waals surface area contributed by atoms with Crippen molar-refractivity contribution in [3.05, 3.63) is 108 Å². The number of rotatable bonds is 9. The summed E-state index contributed by atoms with van der Waals surface area (Å²) in [5.74, 6) is 0.382. The molecule has 0 spiro atoms. The standard InChI is InChI=1S/C47H52N6O6S/c1-46(2,3)41-29-60-45(50-41)49-36-21-15-7-5-6-12-18-31-27-47(31,44(56)52-59-32-19-13-9-14-20-32)51-42(54)39-25-34(28-53(39)43(36)55)58-40-26-37(30-16-10-8-11-17-30)48-38-24-33(57-4)22-23-35(38)40/h8-14,16-20,22-24,26,29,31,34,36,39H,5-7,15,21,25,27-28H2,1-4H3,(H,49,50)(H,51,54)(H,52,56)/b18-12-/t31-,34+,36-,39-,47+/m0/s1. The molecule has 1 saturated heterocycles. The largest absolute Gasteiger partial charge is 0.497 e. The summed E-state index contributed by atoms with van der Waals surface area (Å²) in [5, 5.41) is 10.1. The van der Waals surface area contributed by atoms with E-state index in [9.17, 15) is 14.4 Å². The Morgan fingerprint density at radius 2 is 1.73 bits per heavy atom. The first-order valence-electron chi connectivity index (χ1n) is 20.8. The van der Waals surface area contributed by atoms with E-state index < -0.39 is 35.5 Å². The Bertz CT molecular complexity index is 2360. The third-order valence-corrected chi connectivity index (χ3v) is 12.3. The molecule has 2 aromatic heterocycles. The number of anilines is 1. The predicted molar refractivity (Wildman–Crippen MR) is 233 cm³/mol. The van der Waals surface area contributed by atoms with Crippen molar-refractivity contribution in [3.63, 3.8) is 0 Å². The summed E-state index contributed by atoms with van der Waals surface area (Å²) in [4.78, 5) is 60.8. The SMILES string of the molecule is COc1ccc2c(O[C@@H]3C[C@H]4C(=O)N[C@]5(C(=O)NOc6ccccc6)C[C@@H]5/C=C\CCCCC[C@H](Nc5nc(C(C)(C)C)cs5)C(=O)N4C3)cc(-c3ccccc3)nc2c1. The highest BCUT2D eigenvalue weighted by atomic mass is 32.1. The number of pyridine rings is 1. The Balaban J connectivity index is 1.12. The Labute approximate surface area is 354 Å². The van der Waals surface area contributed by atoms with Crippen LogP contribution in [0.5, 0.6) is 17.2 Å². The average molecular weight is 829 g/mol. The van der Waals surface area contributed by atoms with Crippen LogP contribution in [0.25, 0.3) is 22.2 Å². The lowest BCUT2D eigenvalue weighted by atomic mass is 9.93. The highest BCUT2D eigenvalue weighted by Gasteiger charge is 2.61. The maximum absolute atomic E-state index is 15.0. The minimum absolute atomic E-state index is 0.153. The molecule has 5 aromatic rings. The summed E-state index contributed by atoms with van der Waals surface area (Å²) in [6.45, 7) is 6.49. The fourth-order valence-corrected chi connectivity index (χ4v) is 9.01. The molecule has 4 heterocycles. The predicted octanol–water partition coefficient (Wildman–Crippen LogP) is 8.00. The Hall–Kier alpha value is -5.95. The van der Waals surface area contributed by atoms with Gasteiger partial charge in [0.1, 0.15) is 35.2 Å². The zero-order valence-electron chi connectivity index (χ0n) is 34.5. The molecule has 3 aromatic carbocycles. The summed E-state index contributed by atoms with van der Waals surface area (Å²) in [5.41, 5.74) is 4.45. The van der Waals surface area contributed by atoms with E-state index in [2.05, 4.69) is 43.0 Å². The summed E-state index contributed by atoms with van der Waals surface area (Å²) >= 11 is 1.48. The van der Waals surface area contributed by atoms with Crippen molar-refractivity contribution in [3.8, 4) is 28.5 Å². The second kappa shape index (κ2) is 17.3. The number of thiazole rings is 1. The van der Waals surface area contributed by atoms with E-state index in [0.29, 0.717) is 46.4 Å². The Morgan fingerprint density at radius 1 is 0.950 bits per heavy atom. The second-order valence-electron chi connectivity index (χ2n) is 16.9. The van der Waals surface area contributed by atoms with Crippen molar-refractivity contribution < 1.29 is 28.7 Å². The number of nitrogens with one attached hydrogen (secondary N) is 3. The summed E-state index contributed by atoms with van der Waals surface area (Å²) in [6, 6.07) is 24.8. The molecule has 0 bridgehead atoms. The fourth-order valence-electron chi connectivity index (χ4n) is 8.02. The van der Waals surface area contributed by atoms with Crippen LogP contribution in [0.1, 0.15) is 71.4 Å². The number of hydrogen-bond acceptors (Lipinski definition) is 10. The van der Waals surface area contributed by atoms with Crippen molar-refractivity contribution in [2.75, 3.05) is 19.0 Å². The van der Waals surface area contributed by atoms with Crippen LogP contribution in [-0.4, -0.2) is 70.0 Å². The second-order valence-corrected chi connectivity index (χ2v) is 17.8. The van der Waals surface area contributed by atoms with Crippen molar-refractivity contribution in [2.45, 2.75) is 94.9 Å². The van der Waals surface area contributed by atoms with Gasteiger partial charge in [0.05, 0.1) is 30.6 Å². The van der Waals surface area contributed by atoms with Gasteiger partial charge in [-0.15, -0.1) is 11.3 Å². The maximum atomic E-state index is 15.0. The summed E-state index contributed by atoms with van der Waals surface area (Å²) in [7, 11) is 1.62. The van der Waals surface area contributed by atoms with E-state index in [1.54, 1.807) is 24.1 Å². The number of aromatic nitrogens is 2. The highest BCUT2D eigenvalue weighted by molar-refractivity contribution is 7.13. The van der Waals surface area contributed by atoms with Crippen LogP contribution in [0, 0.1) is 5.92 Å². The molecule has 5 atom stereocenters. The van der Waals surface area contributed by atoms with Crippen molar-refractivity contribution >= 4 is 45.1 Å². The highest BCUT2D eigenvalue weighted by Crippen LogP contribution is 2.46. The van der Waals surface area contributed by atoms with E-state index in [1.165, 1.54) is 11.3 Å². The maximum Gasteiger partial charge on any atom is 0.278 e. The first kappa shape index (κ1) is 40.8. The molecule has 3 N–H and O–H groups in total. The normalized spacial score (nSPS) is 23.9. The van der Waals surface area contributed by atoms with Gasteiger partial charge in [-0.3, -0.25) is 14.4 Å². The first-order valence-corrected chi connectivity index (χ1v) is 21.6. The molecular formula is C47H52N6O6S. The lowest BCUT2D eigenvalue weighted by molar-refractivity contribution is -0.141.